The van der Waals surface area contributed by atoms with E-state index in [4.69, 9.17) is 0 Å². The molecule has 0 saturated heterocycles. The fourth-order valence-corrected chi connectivity index (χ4v) is 2.66. The molecule has 0 aliphatic rings. The Morgan fingerprint density at radius 3 is 2.25 bits per heavy atom. The number of rotatable bonds is 10. The van der Waals surface area contributed by atoms with E-state index < -0.39 is 0 Å². The van der Waals surface area contributed by atoms with E-state index in [0.29, 0.717) is 18.9 Å². The van der Waals surface area contributed by atoms with Gasteiger partial charge in [0, 0.05) is 19.9 Å². The average Bonchev–Trinajstić information content (AvgIpc) is 2.50. The number of carbonyl (C=O) groups is 2. The predicted octanol–water partition coefficient (Wildman–Crippen LogP) is 3.76. The van der Waals surface area contributed by atoms with Gasteiger partial charge in [0.25, 0.3) is 0 Å². The van der Waals surface area contributed by atoms with Crippen LogP contribution in [0.15, 0.2) is 24.3 Å². The Balaban J connectivity index is 2.27. The Labute approximate surface area is 146 Å². The molecule has 4 heteroatoms. The van der Waals surface area contributed by atoms with Crippen molar-refractivity contribution in [3.05, 3.63) is 35.4 Å². The molecule has 134 valence electrons. The third-order valence-electron chi connectivity index (χ3n) is 3.96. The lowest BCUT2D eigenvalue weighted by molar-refractivity contribution is -0.122. The van der Waals surface area contributed by atoms with Crippen LogP contribution in [0.1, 0.15) is 70.5 Å². The molecule has 0 aliphatic carbocycles. The standard InChI is InChI=1S/C20H32N2O2/c1-15(2)14-18-9-11-19(12-10-18)16(3)22-20(24)8-6-5-7-13-21-17(4)23/h9-12,15-16H,5-8,13-14H2,1-4H3,(H,21,23)(H,22,24). The molecule has 1 atom stereocenters. The molecular formula is C20H32N2O2. The number of benzene rings is 1. The summed E-state index contributed by atoms with van der Waals surface area (Å²) in [6, 6.07) is 8.55. The smallest absolute Gasteiger partial charge is 0.220 e. The maximum absolute atomic E-state index is 12.0. The molecule has 1 aromatic rings. The van der Waals surface area contributed by atoms with Gasteiger partial charge in [-0.15, -0.1) is 0 Å². The second kappa shape index (κ2) is 10.8. The number of hydrogen-bond donors (Lipinski definition) is 2. The molecular weight excluding hydrogens is 300 g/mol. The summed E-state index contributed by atoms with van der Waals surface area (Å²) in [5.41, 5.74) is 2.48. The van der Waals surface area contributed by atoms with Crippen LogP contribution in [0.3, 0.4) is 0 Å². The summed E-state index contributed by atoms with van der Waals surface area (Å²) in [7, 11) is 0. The van der Waals surface area contributed by atoms with Crippen molar-refractivity contribution < 1.29 is 9.59 Å². The Hall–Kier alpha value is -1.84. The van der Waals surface area contributed by atoms with Gasteiger partial charge in [-0.2, -0.15) is 0 Å². The Morgan fingerprint density at radius 2 is 1.67 bits per heavy atom. The van der Waals surface area contributed by atoms with Crippen molar-refractivity contribution >= 4 is 11.8 Å². The lowest BCUT2D eigenvalue weighted by Crippen LogP contribution is -2.26. The highest BCUT2D eigenvalue weighted by Crippen LogP contribution is 2.16. The van der Waals surface area contributed by atoms with Gasteiger partial charge < -0.3 is 10.6 Å². The SMILES string of the molecule is CC(=O)NCCCCCC(=O)NC(C)c1ccc(CC(C)C)cc1. The van der Waals surface area contributed by atoms with Crippen LogP contribution in [0.25, 0.3) is 0 Å². The highest BCUT2D eigenvalue weighted by atomic mass is 16.2. The van der Waals surface area contributed by atoms with Gasteiger partial charge in [0.15, 0.2) is 0 Å². The van der Waals surface area contributed by atoms with Crippen molar-refractivity contribution in [1.82, 2.24) is 10.6 Å². The first-order chi connectivity index (χ1) is 11.4. The van der Waals surface area contributed by atoms with E-state index in [9.17, 15) is 9.59 Å². The first-order valence-corrected chi connectivity index (χ1v) is 9.01. The van der Waals surface area contributed by atoms with E-state index >= 15 is 0 Å². The van der Waals surface area contributed by atoms with Crippen molar-refractivity contribution in [2.24, 2.45) is 5.92 Å². The topological polar surface area (TPSA) is 58.2 Å². The highest BCUT2D eigenvalue weighted by Gasteiger charge is 2.09. The van der Waals surface area contributed by atoms with E-state index in [1.807, 2.05) is 6.92 Å². The summed E-state index contributed by atoms with van der Waals surface area (Å²) in [6.45, 7) is 8.66. The molecule has 0 aromatic heterocycles. The molecule has 0 spiro atoms. The normalized spacial score (nSPS) is 12.0. The monoisotopic (exact) mass is 332 g/mol. The number of nitrogens with one attached hydrogen (secondary N) is 2. The zero-order chi connectivity index (χ0) is 17.9. The van der Waals surface area contributed by atoms with Crippen LogP contribution in [0.5, 0.6) is 0 Å². The average molecular weight is 332 g/mol. The van der Waals surface area contributed by atoms with Gasteiger partial charge >= 0.3 is 0 Å². The number of carbonyl (C=O) groups excluding carboxylic acids is 2. The van der Waals surface area contributed by atoms with Crippen LogP contribution in [0.4, 0.5) is 0 Å². The molecule has 0 radical (unpaired) electrons. The van der Waals surface area contributed by atoms with Crippen molar-refractivity contribution in [3.8, 4) is 0 Å². The maximum atomic E-state index is 12.0. The summed E-state index contributed by atoms with van der Waals surface area (Å²) >= 11 is 0. The van der Waals surface area contributed by atoms with Gasteiger partial charge in [0.05, 0.1) is 6.04 Å². The summed E-state index contributed by atoms with van der Waals surface area (Å²) in [5, 5.41) is 5.82. The minimum Gasteiger partial charge on any atom is -0.356 e. The van der Waals surface area contributed by atoms with Crippen LogP contribution >= 0.6 is 0 Å². The minimum absolute atomic E-state index is 0.000908. The third-order valence-corrected chi connectivity index (χ3v) is 3.96. The molecule has 0 aliphatic heterocycles. The Bertz CT molecular complexity index is 509. The second-order valence-electron chi connectivity index (χ2n) is 6.92. The lowest BCUT2D eigenvalue weighted by Gasteiger charge is -2.15. The van der Waals surface area contributed by atoms with E-state index in [0.717, 1.165) is 31.2 Å². The van der Waals surface area contributed by atoms with Gasteiger partial charge in [-0.3, -0.25) is 9.59 Å². The molecule has 0 fully saturated rings. The maximum Gasteiger partial charge on any atom is 0.220 e. The molecule has 0 saturated carbocycles. The van der Waals surface area contributed by atoms with E-state index in [-0.39, 0.29) is 17.9 Å². The van der Waals surface area contributed by atoms with Gasteiger partial charge in [-0.1, -0.05) is 44.5 Å². The third kappa shape index (κ3) is 8.70. The molecule has 0 heterocycles. The Morgan fingerprint density at radius 1 is 1.00 bits per heavy atom. The van der Waals surface area contributed by atoms with E-state index in [2.05, 4.69) is 48.7 Å². The predicted molar refractivity (Wildman–Crippen MR) is 98.7 cm³/mol. The Kier molecular flexibility index (Phi) is 9.13. The van der Waals surface area contributed by atoms with Gasteiger partial charge in [-0.25, -0.2) is 0 Å². The van der Waals surface area contributed by atoms with Crippen LogP contribution in [-0.4, -0.2) is 18.4 Å². The largest absolute Gasteiger partial charge is 0.356 e. The molecule has 2 N–H and O–H groups in total. The van der Waals surface area contributed by atoms with Crippen LogP contribution < -0.4 is 10.6 Å². The molecule has 1 aromatic carbocycles. The first kappa shape index (κ1) is 20.2. The van der Waals surface area contributed by atoms with Gasteiger partial charge in [-0.05, 0) is 43.2 Å². The molecule has 2 amide bonds. The van der Waals surface area contributed by atoms with Crippen molar-refractivity contribution in [2.45, 2.75) is 65.8 Å². The number of unbranched alkanes of at least 4 members (excludes halogenated alkanes) is 2. The van der Waals surface area contributed by atoms with Gasteiger partial charge in [0.1, 0.15) is 0 Å². The van der Waals surface area contributed by atoms with Crippen LogP contribution in [-0.2, 0) is 16.0 Å². The number of amides is 2. The van der Waals surface area contributed by atoms with Gasteiger partial charge in [0.2, 0.25) is 11.8 Å². The summed E-state index contributed by atoms with van der Waals surface area (Å²) in [4.78, 5) is 22.7. The fraction of sp³-hybridized carbons (Fsp3) is 0.600. The van der Waals surface area contributed by atoms with Crippen LogP contribution in [0.2, 0.25) is 0 Å². The van der Waals surface area contributed by atoms with E-state index in [1.165, 1.54) is 12.5 Å². The van der Waals surface area contributed by atoms with Crippen molar-refractivity contribution in [2.75, 3.05) is 6.54 Å². The van der Waals surface area contributed by atoms with Crippen molar-refractivity contribution in [3.63, 3.8) is 0 Å². The number of hydrogen-bond acceptors (Lipinski definition) is 2. The van der Waals surface area contributed by atoms with Crippen molar-refractivity contribution in [1.29, 1.82) is 0 Å². The molecule has 1 unspecified atom stereocenters. The molecule has 1 rings (SSSR count). The zero-order valence-corrected chi connectivity index (χ0v) is 15.5. The first-order valence-electron chi connectivity index (χ1n) is 9.01. The summed E-state index contributed by atoms with van der Waals surface area (Å²) in [6.07, 6.45) is 4.34. The minimum atomic E-state index is 0.000908. The fourth-order valence-electron chi connectivity index (χ4n) is 2.66. The zero-order valence-electron chi connectivity index (χ0n) is 15.5. The second-order valence-corrected chi connectivity index (χ2v) is 6.92. The van der Waals surface area contributed by atoms with Crippen LogP contribution in [0, 0.1) is 5.92 Å². The highest BCUT2D eigenvalue weighted by molar-refractivity contribution is 5.76. The molecule has 0 bridgehead atoms. The molecule has 24 heavy (non-hydrogen) atoms. The lowest BCUT2D eigenvalue weighted by atomic mass is 10.00. The summed E-state index contributed by atoms with van der Waals surface area (Å²) in [5.74, 6) is 0.743. The summed E-state index contributed by atoms with van der Waals surface area (Å²) < 4.78 is 0. The van der Waals surface area contributed by atoms with E-state index in [1.54, 1.807) is 0 Å². The quantitative estimate of drug-likeness (QED) is 0.641. The molecule has 4 nitrogen and oxygen atoms in total.